The van der Waals surface area contributed by atoms with Gasteiger partial charge in [0.15, 0.2) is 9.84 Å². The van der Waals surface area contributed by atoms with Gasteiger partial charge in [-0.3, -0.25) is 14.7 Å². The van der Waals surface area contributed by atoms with E-state index in [1.807, 2.05) is 24.0 Å². The summed E-state index contributed by atoms with van der Waals surface area (Å²) in [5, 5.41) is 2.85. The number of nitrogens with one attached hydrogen (secondary N) is 1. The molecule has 1 N–H and O–H groups in total. The molecule has 6 nitrogen and oxygen atoms in total. The normalized spacial score (nSPS) is 20.6. The second kappa shape index (κ2) is 7.00. The molecule has 21 heavy (non-hydrogen) atoms. The predicted octanol–water partition coefficient (Wildman–Crippen LogP) is 0.207. The molecular weight excluding hydrogens is 290 g/mol. The van der Waals surface area contributed by atoms with Crippen molar-refractivity contribution in [3.8, 4) is 0 Å². The Hall–Kier alpha value is -1.47. The highest BCUT2D eigenvalue weighted by Gasteiger charge is 2.32. The summed E-state index contributed by atoms with van der Waals surface area (Å²) in [4.78, 5) is 17.8. The van der Waals surface area contributed by atoms with E-state index in [9.17, 15) is 13.2 Å². The number of amides is 1. The van der Waals surface area contributed by atoms with Gasteiger partial charge in [-0.1, -0.05) is 6.92 Å². The monoisotopic (exact) mass is 311 g/mol. The van der Waals surface area contributed by atoms with Crippen LogP contribution >= 0.6 is 0 Å². The van der Waals surface area contributed by atoms with E-state index in [0.29, 0.717) is 19.5 Å². The number of hydrogen-bond acceptors (Lipinski definition) is 5. The third kappa shape index (κ3) is 4.78. The molecule has 0 radical (unpaired) electrons. The van der Waals surface area contributed by atoms with E-state index in [2.05, 4.69) is 10.3 Å². The number of rotatable bonds is 6. The topological polar surface area (TPSA) is 79.4 Å². The van der Waals surface area contributed by atoms with Crippen LogP contribution in [0.15, 0.2) is 24.5 Å². The number of carbonyl (C=O) groups excluding carboxylic acids is 1. The number of sulfone groups is 1. The van der Waals surface area contributed by atoms with E-state index in [0.717, 1.165) is 5.56 Å². The summed E-state index contributed by atoms with van der Waals surface area (Å²) < 4.78 is 23.0. The van der Waals surface area contributed by atoms with E-state index >= 15 is 0 Å². The van der Waals surface area contributed by atoms with Gasteiger partial charge in [-0.25, -0.2) is 8.42 Å². The molecule has 0 saturated carbocycles. The van der Waals surface area contributed by atoms with Gasteiger partial charge in [0.05, 0.1) is 18.1 Å². The van der Waals surface area contributed by atoms with Crippen molar-refractivity contribution < 1.29 is 13.2 Å². The van der Waals surface area contributed by atoms with Crippen molar-refractivity contribution in [3.63, 3.8) is 0 Å². The van der Waals surface area contributed by atoms with E-state index in [4.69, 9.17) is 0 Å². The van der Waals surface area contributed by atoms with Crippen LogP contribution in [0.25, 0.3) is 0 Å². The number of hydrogen-bond donors (Lipinski definition) is 1. The van der Waals surface area contributed by atoms with Crippen molar-refractivity contribution in [1.82, 2.24) is 15.2 Å². The van der Waals surface area contributed by atoms with Crippen molar-refractivity contribution in [2.24, 2.45) is 0 Å². The Morgan fingerprint density at radius 1 is 1.43 bits per heavy atom. The number of carbonyl (C=O) groups is 1. The second-order valence-corrected chi connectivity index (χ2v) is 7.48. The van der Waals surface area contributed by atoms with Gasteiger partial charge in [0.2, 0.25) is 5.91 Å². The Labute approximate surface area is 125 Å². The standard InChI is InChI=1S/C14H21N3O3S/c1-2-17(13-5-8-21(19,20)11-13)10-14(18)16-9-12-3-6-15-7-4-12/h3-4,6-7,13H,2,5,8-11H2,1H3,(H,16,18). The maximum absolute atomic E-state index is 12.0. The highest BCUT2D eigenvalue weighted by molar-refractivity contribution is 7.91. The molecule has 0 spiro atoms. The van der Waals surface area contributed by atoms with Crippen LogP contribution < -0.4 is 5.32 Å². The fraction of sp³-hybridized carbons (Fsp3) is 0.571. The zero-order valence-electron chi connectivity index (χ0n) is 12.2. The molecule has 1 fully saturated rings. The van der Waals surface area contributed by atoms with Crippen LogP contribution in [0.2, 0.25) is 0 Å². The van der Waals surface area contributed by atoms with Crippen LogP contribution in [0, 0.1) is 0 Å². The van der Waals surface area contributed by atoms with Crippen LogP contribution in [-0.2, 0) is 21.2 Å². The molecular formula is C14H21N3O3S. The number of likely N-dealkylation sites (N-methyl/N-ethyl adjacent to an activating group) is 1. The summed E-state index contributed by atoms with van der Waals surface area (Å²) in [5.74, 6) is 0.309. The van der Waals surface area contributed by atoms with Gasteiger partial charge in [0, 0.05) is 25.0 Å². The number of pyridine rings is 1. The van der Waals surface area contributed by atoms with Crippen LogP contribution in [0.3, 0.4) is 0 Å². The van der Waals surface area contributed by atoms with Crippen LogP contribution in [0.5, 0.6) is 0 Å². The van der Waals surface area contributed by atoms with Crippen LogP contribution in [-0.4, -0.2) is 54.8 Å². The molecule has 2 heterocycles. The molecule has 1 aromatic rings. The lowest BCUT2D eigenvalue weighted by Gasteiger charge is -2.25. The quantitative estimate of drug-likeness (QED) is 0.812. The molecule has 7 heteroatoms. The van der Waals surface area contributed by atoms with Gasteiger partial charge in [-0.2, -0.15) is 0 Å². The number of nitrogens with zero attached hydrogens (tertiary/aromatic N) is 2. The molecule has 1 aliphatic rings. The van der Waals surface area contributed by atoms with Gasteiger partial charge < -0.3 is 5.32 Å². The van der Waals surface area contributed by atoms with Crippen molar-refractivity contribution in [1.29, 1.82) is 0 Å². The van der Waals surface area contributed by atoms with Crippen molar-refractivity contribution in [2.75, 3.05) is 24.6 Å². The minimum absolute atomic E-state index is 0.0355. The van der Waals surface area contributed by atoms with Gasteiger partial charge in [-0.05, 0) is 30.7 Å². The lowest BCUT2D eigenvalue weighted by atomic mass is 10.2. The van der Waals surface area contributed by atoms with E-state index < -0.39 is 9.84 Å². The average Bonchev–Trinajstić information content (AvgIpc) is 2.83. The third-order valence-corrected chi connectivity index (χ3v) is 5.47. The summed E-state index contributed by atoms with van der Waals surface area (Å²) in [6, 6.07) is 3.66. The summed E-state index contributed by atoms with van der Waals surface area (Å²) in [5.41, 5.74) is 0.991. The van der Waals surface area contributed by atoms with E-state index in [-0.39, 0.29) is 30.0 Å². The first-order valence-corrected chi connectivity index (χ1v) is 8.92. The fourth-order valence-electron chi connectivity index (χ4n) is 2.50. The SMILES string of the molecule is CCN(CC(=O)NCc1ccncc1)C1CCS(=O)(=O)C1. The van der Waals surface area contributed by atoms with Crippen LogP contribution in [0.4, 0.5) is 0 Å². The molecule has 0 aliphatic carbocycles. The highest BCUT2D eigenvalue weighted by atomic mass is 32.2. The zero-order chi connectivity index (χ0) is 15.3. The summed E-state index contributed by atoms with van der Waals surface area (Å²) in [6.45, 7) is 3.31. The minimum Gasteiger partial charge on any atom is -0.351 e. The molecule has 1 saturated heterocycles. The van der Waals surface area contributed by atoms with Gasteiger partial charge in [0.25, 0.3) is 0 Å². The fourth-order valence-corrected chi connectivity index (χ4v) is 4.27. The predicted molar refractivity (Wildman–Crippen MR) is 80.4 cm³/mol. The summed E-state index contributed by atoms with van der Waals surface area (Å²) in [6.07, 6.45) is 3.99. The first kappa shape index (κ1) is 15.9. The zero-order valence-corrected chi connectivity index (χ0v) is 13.0. The first-order valence-electron chi connectivity index (χ1n) is 7.10. The van der Waals surface area contributed by atoms with Gasteiger partial charge >= 0.3 is 0 Å². The lowest BCUT2D eigenvalue weighted by molar-refractivity contribution is -0.122. The maximum atomic E-state index is 12.0. The molecule has 1 atom stereocenters. The Balaban J connectivity index is 1.83. The van der Waals surface area contributed by atoms with Gasteiger partial charge in [-0.15, -0.1) is 0 Å². The smallest absolute Gasteiger partial charge is 0.234 e. The van der Waals surface area contributed by atoms with Crippen LogP contribution in [0.1, 0.15) is 18.9 Å². The summed E-state index contributed by atoms with van der Waals surface area (Å²) >= 11 is 0. The molecule has 0 bridgehead atoms. The average molecular weight is 311 g/mol. The molecule has 1 unspecified atom stereocenters. The lowest BCUT2D eigenvalue weighted by Crippen LogP contribution is -2.43. The molecule has 1 amide bonds. The second-order valence-electron chi connectivity index (χ2n) is 5.25. The minimum atomic E-state index is -2.92. The largest absolute Gasteiger partial charge is 0.351 e. The highest BCUT2D eigenvalue weighted by Crippen LogP contribution is 2.17. The Kier molecular flexibility index (Phi) is 5.30. The summed E-state index contributed by atoms with van der Waals surface area (Å²) in [7, 11) is -2.92. The molecule has 2 rings (SSSR count). The Morgan fingerprint density at radius 2 is 2.14 bits per heavy atom. The molecule has 1 aromatic heterocycles. The van der Waals surface area contributed by atoms with Gasteiger partial charge in [0.1, 0.15) is 0 Å². The van der Waals surface area contributed by atoms with Crippen molar-refractivity contribution in [3.05, 3.63) is 30.1 Å². The molecule has 116 valence electrons. The first-order chi connectivity index (χ1) is 10.00. The Morgan fingerprint density at radius 3 is 2.71 bits per heavy atom. The molecule has 0 aromatic carbocycles. The Bertz CT molecular complexity index is 574. The van der Waals surface area contributed by atoms with Crippen molar-refractivity contribution >= 4 is 15.7 Å². The van der Waals surface area contributed by atoms with E-state index in [1.165, 1.54) is 0 Å². The van der Waals surface area contributed by atoms with Crippen molar-refractivity contribution in [2.45, 2.75) is 25.9 Å². The van der Waals surface area contributed by atoms with E-state index in [1.54, 1.807) is 12.4 Å². The third-order valence-electron chi connectivity index (χ3n) is 3.72. The maximum Gasteiger partial charge on any atom is 0.234 e. The number of aromatic nitrogens is 1. The molecule has 1 aliphatic heterocycles.